The van der Waals surface area contributed by atoms with E-state index in [0.717, 1.165) is 16.9 Å². The van der Waals surface area contributed by atoms with Crippen LogP contribution in [0.1, 0.15) is 32.4 Å². The highest BCUT2D eigenvalue weighted by molar-refractivity contribution is 5.65. The highest BCUT2D eigenvalue weighted by Gasteiger charge is 2.10. The van der Waals surface area contributed by atoms with E-state index in [1.807, 2.05) is 57.3 Å². The molecule has 0 aromatic heterocycles. The lowest BCUT2D eigenvalue weighted by molar-refractivity contribution is 0.242. The van der Waals surface area contributed by atoms with Crippen LogP contribution in [-0.2, 0) is 0 Å². The van der Waals surface area contributed by atoms with E-state index < -0.39 is 0 Å². The maximum atomic E-state index is 14.1. The van der Waals surface area contributed by atoms with Gasteiger partial charge in [0.05, 0.1) is 6.10 Å². The summed E-state index contributed by atoms with van der Waals surface area (Å²) in [6.45, 7) is 6.02. The molecule has 0 radical (unpaired) electrons. The van der Waals surface area contributed by atoms with Crippen LogP contribution in [0.2, 0.25) is 0 Å². The molecule has 112 valence electrons. The minimum absolute atomic E-state index is 0.132. The van der Waals surface area contributed by atoms with Crippen molar-refractivity contribution in [3.05, 3.63) is 53.8 Å². The van der Waals surface area contributed by atoms with Gasteiger partial charge in [0, 0.05) is 11.6 Å². The minimum Gasteiger partial charge on any atom is -0.491 e. The first-order valence-corrected chi connectivity index (χ1v) is 7.25. The van der Waals surface area contributed by atoms with E-state index in [2.05, 4.69) is 12.2 Å². The van der Waals surface area contributed by atoms with Gasteiger partial charge in [0.25, 0.3) is 0 Å². The molecule has 2 rings (SSSR count). The molecular formula is C18H22FNO. The fourth-order valence-electron chi connectivity index (χ4n) is 2.19. The Morgan fingerprint density at radius 2 is 1.67 bits per heavy atom. The van der Waals surface area contributed by atoms with Crippen LogP contribution in [0.5, 0.6) is 5.75 Å². The summed E-state index contributed by atoms with van der Waals surface area (Å²) in [5.41, 5.74) is 2.54. The summed E-state index contributed by atoms with van der Waals surface area (Å²) in [5, 5.41) is 3.17. The van der Waals surface area contributed by atoms with Gasteiger partial charge in [-0.1, -0.05) is 18.2 Å². The van der Waals surface area contributed by atoms with Gasteiger partial charge in [-0.2, -0.15) is 0 Å². The van der Waals surface area contributed by atoms with Crippen molar-refractivity contribution in [3.63, 3.8) is 0 Å². The highest BCUT2D eigenvalue weighted by atomic mass is 19.1. The van der Waals surface area contributed by atoms with Crippen molar-refractivity contribution >= 4 is 0 Å². The van der Waals surface area contributed by atoms with Gasteiger partial charge in [-0.3, -0.25) is 0 Å². The zero-order valence-corrected chi connectivity index (χ0v) is 13.0. The van der Waals surface area contributed by atoms with Crippen LogP contribution in [0, 0.1) is 5.82 Å². The summed E-state index contributed by atoms with van der Waals surface area (Å²) in [4.78, 5) is 0. The largest absolute Gasteiger partial charge is 0.491 e. The Morgan fingerprint density at radius 1 is 1.00 bits per heavy atom. The monoisotopic (exact) mass is 287 g/mol. The first kappa shape index (κ1) is 15.5. The van der Waals surface area contributed by atoms with Gasteiger partial charge in [-0.15, -0.1) is 0 Å². The molecule has 0 fully saturated rings. The normalized spacial score (nSPS) is 12.5. The van der Waals surface area contributed by atoms with Crippen molar-refractivity contribution in [2.75, 3.05) is 7.05 Å². The topological polar surface area (TPSA) is 21.3 Å². The predicted octanol–water partition coefficient (Wildman–Crippen LogP) is 4.56. The standard InChI is InChI=1S/C18H22FNO/c1-12(2)21-16-8-5-14(6-9-16)17-11-15(13(3)20-4)7-10-18(17)19/h5-13,20H,1-4H3. The number of hydrogen-bond donors (Lipinski definition) is 1. The van der Waals surface area contributed by atoms with Crippen LogP contribution in [0.3, 0.4) is 0 Å². The van der Waals surface area contributed by atoms with Gasteiger partial charge in [0.1, 0.15) is 11.6 Å². The van der Waals surface area contributed by atoms with Gasteiger partial charge in [-0.05, 0) is 63.2 Å². The number of ether oxygens (including phenoxy) is 1. The summed E-state index contributed by atoms with van der Waals surface area (Å²) in [6, 6.07) is 13.0. The van der Waals surface area contributed by atoms with Crippen LogP contribution in [-0.4, -0.2) is 13.2 Å². The van der Waals surface area contributed by atoms with Crippen molar-refractivity contribution in [2.24, 2.45) is 0 Å². The van der Waals surface area contributed by atoms with E-state index in [0.29, 0.717) is 5.56 Å². The SMILES string of the molecule is CNC(C)c1ccc(F)c(-c2ccc(OC(C)C)cc2)c1. The molecule has 0 aliphatic carbocycles. The summed E-state index contributed by atoms with van der Waals surface area (Å²) in [6.07, 6.45) is 0.132. The van der Waals surface area contributed by atoms with E-state index in [-0.39, 0.29) is 18.0 Å². The Labute approximate surface area is 126 Å². The maximum Gasteiger partial charge on any atom is 0.131 e. The third kappa shape index (κ3) is 3.82. The van der Waals surface area contributed by atoms with E-state index in [4.69, 9.17) is 4.74 Å². The second-order valence-corrected chi connectivity index (χ2v) is 5.44. The lowest BCUT2D eigenvalue weighted by Crippen LogP contribution is -2.12. The molecule has 3 heteroatoms. The molecule has 21 heavy (non-hydrogen) atoms. The van der Waals surface area contributed by atoms with Crippen LogP contribution in [0.4, 0.5) is 4.39 Å². The Bertz CT molecular complexity index is 593. The number of benzene rings is 2. The summed E-state index contributed by atoms with van der Waals surface area (Å²) < 4.78 is 19.7. The molecule has 0 heterocycles. The zero-order valence-electron chi connectivity index (χ0n) is 13.0. The Kier molecular flexibility index (Phi) is 4.97. The molecular weight excluding hydrogens is 265 g/mol. The third-order valence-corrected chi connectivity index (χ3v) is 3.46. The number of nitrogens with one attached hydrogen (secondary N) is 1. The highest BCUT2D eigenvalue weighted by Crippen LogP contribution is 2.28. The van der Waals surface area contributed by atoms with Crippen molar-refractivity contribution < 1.29 is 9.13 Å². The van der Waals surface area contributed by atoms with Crippen LogP contribution in [0.25, 0.3) is 11.1 Å². The molecule has 0 aliphatic heterocycles. The zero-order chi connectivity index (χ0) is 15.4. The van der Waals surface area contributed by atoms with Crippen molar-refractivity contribution in [3.8, 4) is 16.9 Å². The molecule has 2 nitrogen and oxygen atoms in total. The lowest BCUT2D eigenvalue weighted by atomic mass is 9.99. The van der Waals surface area contributed by atoms with Gasteiger partial charge in [0.2, 0.25) is 0 Å². The molecule has 0 spiro atoms. The first-order chi connectivity index (χ1) is 10.0. The molecule has 0 saturated heterocycles. The van der Waals surface area contributed by atoms with E-state index in [1.165, 1.54) is 6.07 Å². The molecule has 0 aliphatic rings. The Morgan fingerprint density at radius 3 is 2.24 bits per heavy atom. The molecule has 2 aromatic carbocycles. The molecule has 1 atom stereocenters. The van der Waals surface area contributed by atoms with E-state index in [1.54, 1.807) is 0 Å². The summed E-state index contributed by atoms with van der Waals surface area (Å²) in [7, 11) is 1.89. The van der Waals surface area contributed by atoms with E-state index >= 15 is 0 Å². The average Bonchev–Trinajstić information content (AvgIpc) is 2.47. The number of halogens is 1. The number of rotatable bonds is 5. The van der Waals surface area contributed by atoms with Crippen LogP contribution >= 0.6 is 0 Å². The fraction of sp³-hybridized carbons (Fsp3) is 0.333. The molecule has 0 bridgehead atoms. The Hall–Kier alpha value is -1.87. The van der Waals surface area contributed by atoms with Gasteiger partial charge in [-0.25, -0.2) is 4.39 Å². The fourth-order valence-corrected chi connectivity index (χ4v) is 2.19. The quantitative estimate of drug-likeness (QED) is 0.870. The smallest absolute Gasteiger partial charge is 0.131 e. The lowest BCUT2D eigenvalue weighted by Gasteiger charge is -2.14. The van der Waals surface area contributed by atoms with Gasteiger partial charge >= 0.3 is 0 Å². The van der Waals surface area contributed by atoms with Crippen LogP contribution < -0.4 is 10.1 Å². The molecule has 1 N–H and O–H groups in total. The van der Waals surface area contributed by atoms with Gasteiger partial charge < -0.3 is 10.1 Å². The maximum absolute atomic E-state index is 14.1. The van der Waals surface area contributed by atoms with Crippen molar-refractivity contribution in [2.45, 2.75) is 32.9 Å². The van der Waals surface area contributed by atoms with Crippen molar-refractivity contribution in [1.29, 1.82) is 0 Å². The van der Waals surface area contributed by atoms with E-state index in [9.17, 15) is 4.39 Å². The number of hydrogen-bond acceptors (Lipinski definition) is 2. The van der Waals surface area contributed by atoms with Crippen molar-refractivity contribution in [1.82, 2.24) is 5.32 Å². The molecule has 2 aromatic rings. The Balaban J connectivity index is 2.32. The second kappa shape index (κ2) is 6.72. The average molecular weight is 287 g/mol. The first-order valence-electron chi connectivity index (χ1n) is 7.25. The molecule has 0 amide bonds. The predicted molar refractivity (Wildman–Crippen MR) is 85.1 cm³/mol. The summed E-state index contributed by atoms with van der Waals surface area (Å²) >= 11 is 0. The third-order valence-electron chi connectivity index (χ3n) is 3.46. The second-order valence-electron chi connectivity index (χ2n) is 5.44. The van der Waals surface area contributed by atoms with Gasteiger partial charge in [0.15, 0.2) is 0 Å². The minimum atomic E-state index is -0.209. The summed E-state index contributed by atoms with van der Waals surface area (Å²) in [5.74, 6) is 0.591. The molecule has 0 saturated carbocycles. The molecule has 1 unspecified atom stereocenters. The van der Waals surface area contributed by atoms with Crippen LogP contribution in [0.15, 0.2) is 42.5 Å².